The number of allylic oxidation sites excluding steroid dienone is 1. The molecule has 0 unspecified atom stereocenters. The van der Waals surface area contributed by atoms with E-state index < -0.39 is 21.4 Å². The molecule has 0 radical (unpaired) electrons. The van der Waals surface area contributed by atoms with Gasteiger partial charge in [-0.15, -0.1) is 0 Å². The average molecular weight is 359 g/mol. The molecule has 0 aromatic heterocycles. The SMILES string of the molecule is O=C(C=C(O)C(Cl)(Cl)Cl)Nc1ccc(Cl)c(C(=O)O)c1. The van der Waals surface area contributed by atoms with Crippen LogP contribution in [0, 0.1) is 0 Å². The summed E-state index contributed by atoms with van der Waals surface area (Å²) in [7, 11) is 0. The molecule has 1 aromatic rings. The first-order valence-corrected chi connectivity index (χ1v) is 6.44. The van der Waals surface area contributed by atoms with Crippen molar-refractivity contribution in [1.29, 1.82) is 0 Å². The normalized spacial score (nSPS) is 12.1. The van der Waals surface area contributed by atoms with Crippen LogP contribution in [0.3, 0.4) is 0 Å². The quantitative estimate of drug-likeness (QED) is 0.436. The van der Waals surface area contributed by atoms with Gasteiger partial charge in [0, 0.05) is 11.8 Å². The van der Waals surface area contributed by atoms with E-state index in [0.29, 0.717) is 6.08 Å². The monoisotopic (exact) mass is 357 g/mol. The molecule has 5 nitrogen and oxygen atoms in total. The zero-order chi connectivity index (χ0) is 15.5. The molecule has 0 aliphatic heterocycles. The highest BCUT2D eigenvalue weighted by atomic mass is 35.6. The van der Waals surface area contributed by atoms with E-state index in [-0.39, 0.29) is 16.3 Å². The van der Waals surface area contributed by atoms with Crippen molar-refractivity contribution in [2.24, 2.45) is 0 Å². The first kappa shape index (κ1) is 16.9. The number of aromatic carboxylic acids is 1. The van der Waals surface area contributed by atoms with E-state index in [2.05, 4.69) is 5.32 Å². The number of hydrogen-bond donors (Lipinski definition) is 3. The lowest BCUT2D eigenvalue weighted by Gasteiger charge is -2.09. The Morgan fingerprint density at radius 3 is 2.30 bits per heavy atom. The van der Waals surface area contributed by atoms with Crippen molar-refractivity contribution in [3.63, 3.8) is 0 Å². The van der Waals surface area contributed by atoms with Crippen LogP contribution >= 0.6 is 46.4 Å². The van der Waals surface area contributed by atoms with Gasteiger partial charge in [0.2, 0.25) is 3.79 Å². The van der Waals surface area contributed by atoms with Gasteiger partial charge in [-0.2, -0.15) is 0 Å². The third-order valence-electron chi connectivity index (χ3n) is 2.02. The molecule has 0 fully saturated rings. The van der Waals surface area contributed by atoms with Gasteiger partial charge in [-0.25, -0.2) is 4.79 Å². The third-order valence-corrected chi connectivity index (χ3v) is 2.93. The second-order valence-corrected chi connectivity index (χ2v) is 6.20. The number of alkyl halides is 3. The maximum atomic E-state index is 11.5. The van der Waals surface area contributed by atoms with E-state index in [1.165, 1.54) is 12.1 Å². The molecule has 1 rings (SSSR count). The highest BCUT2D eigenvalue weighted by molar-refractivity contribution is 6.69. The van der Waals surface area contributed by atoms with Crippen LogP contribution in [0.2, 0.25) is 5.02 Å². The van der Waals surface area contributed by atoms with Crippen LogP contribution < -0.4 is 5.32 Å². The van der Waals surface area contributed by atoms with E-state index in [1.54, 1.807) is 0 Å². The van der Waals surface area contributed by atoms with Crippen LogP contribution in [0.15, 0.2) is 30.0 Å². The smallest absolute Gasteiger partial charge is 0.337 e. The fraction of sp³-hybridized carbons (Fsp3) is 0.0909. The van der Waals surface area contributed by atoms with E-state index in [9.17, 15) is 14.7 Å². The second kappa shape index (κ2) is 6.54. The molecule has 0 saturated carbocycles. The molecule has 0 heterocycles. The number of hydrogen-bond acceptors (Lipinski definition) is 3. The molecule has 1 aromatic carbocycles. The predicted molar refractivity (Wildman–Crippen MR) is 78.0 cm³/mol. The van der Waals surface area contributed by atoms with Crippen LogP contribution in [-0.2, 0) is 4.79 Å². The van der Waals surface area contributed by atoms with Gasteiger partial charge in [-0.05, 0) is 18.2 Å². The summed E-state index contributed by atoms with van der Waals surface area (Å²) in [5.41, 5.74) is -0.0239. The Labute approximate surface area is 133 Å². The van der Waals surface area contributed by atoms with Crippen molar-refractivity contribution in [1.82, 2.24) is 0 Å². The number of aliphatic hydroxyl groups excluding tert-OH is 1. The van der Waals surface area contributed by atoms with Gasteiger partial charge in [0.15, 0.2) is 0 Å². The maximum absolute atomic E-state index is 11.5. The fourth-order valence-electron chi connectivity index (χ4n) is 1.15. The molecule has 20 heavy (non-hydrogen) atoms. The third kappa shape index (κ3) is 4.76. The number of anilines is 1. The molecule has 1 amide bonds. The Hall–Kier alpha value is -1.14. The molecule has 108 valence electrons. The Morgan fingerprint density at radius 1 is 1.20 bits per heavy atom. The average Bonchev–Trinajstić information content (AvgIpc) is 2.29. The number of carbonyl (C=O) groups is 2. The zero-order valence-corrected chi connectivity index (χ0v) is 12.6. The zero-order valence-electron chi connectivity index (χ0n) is 9.53. The predicted octanol–water partition coefficient (Wildman–Crippen LogP) is 3.79. The summed E-state index contributed by atoms with van der Waals surface area (Å²) in [6, 6.07) is 3.84. The van der Waals surface area contributed by atoms with Gasteiger partial charge < -0.3 is 15.5 Å². The largest absolute Gasteiger partial charge is 0.508 e. The van der Waals surface area contributed by atoms with Crippen molar-refractivity contribution in [3.8, 4) is 0 Å². The summed E-state index contributed by atoms with van der Waals surface area (Å²) < 4.78 is -2.12. The first-order valence-electron chi connectivity index (χ1n) is 4.93. The molecule has 0 spiro atoms. The minimum Gasteiger partial charge on any atom is -0.508 e. The van der Waals surface area contributed by atoms with E-state index >= 15 is 0 Å². The Balaban J connectivity index is 2.92. The second-order valence-electron chi connectivity index (χ2n) is 3.52. The van der Waals surface area contributed by atoms with E-state index in [4.69, 9.17) is 51.5 Å². The number of rotatable bonds is 3. The number of halogens is 4. The van der Waals surface area contributed by atoms with Crippen LogP contribution in [0.4, 0.5) is 5.69 Å². The van der Waals surface area contributed by atoms with Crippen LogP contribution in [0.25, 0.3) is 0 Å². The number of carboxylic acids is 1. The maximum Gasteiger partial charge on any atom is 0.337 e. The summed E-state index contributed by atoms with van der Waals surface area (Å²) >= 11 is 21.7. The summed E-state index contributed by atoms with van der Waals surface area (Å²) in [6.45, 7) is 0. The van der Waals surface area contributed by atoms with Crippen molar-refractivity contribution in [2.75, 3.05) is 5.32 Å². The number of aliphatic hydroxyl groups is 1. The van der Waals surface area contributed by atoms with Crippen molar-refractivity contribution in [2.45, 2.75) is 3.79 Å². The number of carboxylic acid groups (broad SMARTS) is 1. The van der Waals surface area contributed by atoms with Crippen molar-refractivity contribution >= 4 is 64.0 Å². The molecule has 0 bridgehead atoms. The van der Waals surface area contributed by atoms with Crippen molar-refractivity contribution in [3.05, 3.63) is 40.6 Å². The lowest BCUT2D eigenvalue weighted by Crippen LogP contribution is -2.14. The van der Waals surface area contributed by atoms with Crippen LogP contribution in [0.1, 0.15) is 10.4 Å². The summed E-state index contributed by atoms with van der Waals surface area (Å²) in [5.74, 6) is -2.81. The first-order chi connectivity index (χ1) is 9.11. The highest BCUT2D eigenvalue weighted by Gasteiger charge is 2.26. The van der Waals surface area contributed by atoms with E-state index in [1.807, 2.05) is 0 Å². The minimum atomic E-state index is -2.12. The number of benzene rings is 1. The number of nitrogens with one attached hydrogen (secondary N) is 1. The lowest BCUT2D eigenvalue weighted by molar-refractivity contribution is -0.112. The van der Waals surface area contributed by atoms with Gasteiger partial charge in [-0.1, -0.05) is 46.4 Å². The van der Waals surface area contributed by atoms with Crippen molar-refractivity contribution < 1.29 is 19.8 Å². The Kier molecular flexibility index (Phi) is 5.53. The van der Waals surface area contributed by atoms with Crippen LogP contribution in [0.5, 0.6) is 0 Å². The molecule has 3 N–H and O–H groups in total. The Bertz CT molecular complexity index is 580. The van der Waals surface area contributed by atoms with Gasteiger partial charge >= 0.3 is 5.97 Å². The highest BCUT2D eigenvalue weighted by Crippen LogP contribution is 2.32. The summed E-state index contributed by atoms with van der Waals surface area (Å²) in [4.78, 5) is 22.4. The molecule has 0 atom stereocenters. The molecule has 0 aliphatic carbocycles. The van der Waals surface area contributed by atoms with Gasteiger partial charge in [0.1, 0.15) is 5.76 Å². The van der Waals surface area contributed by atoms with Crippen LogP contribution in [-0.4, -0.2) is 25.9 Å². The standard InChI is InChI=1S/C11H7Cl4NO4/c12-7-2-1-5(3-6(7)10(19)20)16-9(18)4-8(17)11(13,14)15/h1-4,17H,(H,16,18)(H,19,20). The van der Waals surface area contributed by atoms with Gasteiger partial charge in [0.25, 0.3) is 5.91 Å². The van der Waals surface area contributed by atoms with E-state index in [0.717, 1.165) is 6.07 Å². The number of carbonyl (C=O) groups excluding carboxylic acids is 1. The summed E-state index contributed by atoms with van der Waals surface area (Å²) in [6.07, 6.45) is 0.669. The summed E-state index contributed by atoms with van der Waals surface area (Å²) in [5, 5.41) is 20.5. The number of amides is 1. The topological polar surface area (TPSA) is 86.6 Å². The Morgan fingerprint density at radius 2 is 1.80 bits per heavy atom. The molecule has 9 heteroatoms. The lowest BCUT2D eigenvalue weighted by atomic mass is 10.2. The molecule has 0 aliphatic rings. The minimum absolute atomic E-state index is 0.0233. The molecule has 0 saturated heterocycles. The molecular formula is C11H7Cl4NO4. The molecular weight excluding hydrogens is 352 g/mol. The van der Waals surface area contributed by atoms with Gasteiger partial charge in [0.05, 0.1) is 10.6 Å². The van der Waals surface area contributed by atoms with Gasteiger partial charge in [-0.3, -0.25) is 4.79 Å². The fourth-order valence-corrected chi connectivity index (χ4v) is 1.51.